The van der Waals surface area contributed by atoms with Crippen LogP contribution in [0.1, 0.15) is 5.56 Å². The number of hydrogen-bond donors (Lipinski definition) is 0. The van der Waals surface area contributed by atoms with E-state index in [0.717, 1.165) is 5.56 Å². The molecule has 0 aliphatic heterocycles. The molecule has 16 heavy (non-hydrogen) atoms. The van der Waals surface area contributed by atoms with E-state index in [0.29, 0.717) is 22.4 Å². The van der Waals surface area contributed by atoms with Crippen molar-refractivity contribution < 1.29 is 4.74 Å². The highest BCUT2D eigenvalue weighted by atomic mass is 35.5. The molecule has 0 bridgehead atoms. The molecule has 2 nitrogen and oxygen atoms in total. The molecule has 0 saturated carbocycles. The van der Waals surface area contributed by atoms with Crippen molar-refractivity contribution in [1.82, 2.24) is 4.98 Å². The fraction of sp³-hybridized carbons (Fsp3) is 0.0833. The standard InChI is InChI=1S/C12H9Cl2NO/c13-10-3-4-12(14)9(6-10)8-16-11-2-1-5-15-7-11/h1-7H,8H2. The van der Waals surface area contributed by atoms with Gasteiger partial charge in [0.15, 0.2) is 0 Å². The summed E-state index contributed by atoms with van der Waals surface area (Å²) in [6.07, 6.45) is 3.34. The minimum Gasteiger partial charge on any atom is -0.487 e. The Balaban J connectivity index is 2.08. The SMILES string of the molecule is Clc1ccc(Cl)c(COc2cccnc2)c1. The highest BCUT2D eigenvalue weighted by Crippen LogP contribution is 2.22. The van der Waals surface area contributed by atoms with E-state index in [-0.39, 0.29) is 0 Å². The van der Waals surface area contributed by atoms with Crippen molar-refractivity contribution >= 4 is 23.2 Å². The summed E-state index contributed by atoms with van der Waals surface area (Å²) in [4.78, 5) is 3.95. The van der Waals surface area contributed by atoms with Crippen LogP contribution in [0.15, 0.2) is 42.7 Å². The molecule has 82 valence electrons. The fourth-order valence-corrected chi connectivity index (χ4v) is 1.61. The van der Waals surface area contributed by atoms with Crippen LogP contribution in [-0.2, 0) is 6.61 Å². The van der Waals surface area contributed by atoms with Crippen molar-refractivity contribution in [2.24, 2.45) is 0 Å². The van der Waals surface area contributed by atoms with E-state index in [1.165, 1.54) is 0 Å². The van der Waals surface area contributed by atoms with Gasteiger partial charge in [0, 0.05) is 21.8 Å². The van der Waals surface area contributed by atoms with E-state index in [4.69, 9.17) is 27.9 Å². The van der Waals surface area contributed by atoms with Gasteiger partial charge in [0.25, 0.3) is 0 Å². The van der Waals surface area contributed by atoms with Gasteiger partial charge in [0.2, 0.25) is 0 Å². The van der Waals surface area contributed by atoms with Crippen LogP contribution in [0.5, 0.6) is 5.75 Å². The Morgan fingerprint density at radius 2 is 2.06 bits per heavy atom. The molecule has 0 fully saturated rings. The molecule has 1 aromatic heterocycles. The second kappa shape index (κ2) is 5.19. The second-order valence-corrected chi connectivity index (χ2v) is 4.06. The molecule has 1 heterocycles. The van der Waals surface area contributed by atoms with Gasteiger partial charge in [0.05, 0.1) is 6.20 Å². The van der Waals surface area contributed by atoms with Gasteiger partial charge >= 0.3 is 0 Å². The molecule has 0 aliphatic carbocycles. The molecule has 0 amide bonds. The van der Waals surface area contributed by atoms with Crippen molar-refractivity contribution in [3.63, 3.8) is 0 Å². The number of pyridine rings is 1. The van der Waals surface area contributed by atoms with Gasteiger partial charge in [-0.3, -0.25) is 4.98 Å². The smallest absolute Gasteiger partial charge is 0.138 e. The summed E-state index contributed by atoms with van der Waals surface area (Å²) in [5.41, 5.74) is 0.859. The normalized spacial score (nSPS) is 10.1. The predicted octanol–water partition coefficient (Wildman–Crippen LogP) is 3.97. The zero-order valence-electron chi connectivity index (χ0n) is 8.36. The lowest BCUT2D eigenvalue weighted by atomic mass is 10.2. The Kier molecular flexibility index (Phi) is 3.65. The van der Waals surface area contributed by atoms with E-state index in [2.05, 4.69) is 4.98 Å². The third kappa shape index (κ3) is 2.87. The number of nitrogens with zero attached hydrogens (tertiary/aromatic N) is 1. The molecular weight excluding hydrogens is 245 g/mol. The van der Waals surface area contributed by atoms with Crippen LogP contribution >= 0.6 is 23.2 Å². The molecule has 0 spiro atoms. The molecule has 2 aromatic rings. The average molecular weight is 254 g/mol. The lowest BCUT2D eigenvalue weighted by molar-refractivity contribution is 0.305. The minimum absolute atomic E-state index is 0.380. The first kappa shape index (κ1) is 11.2. The van der Waals surface area contributed by atoms with Crippen molar-refractivity contribution in [3.8, 4) is 5.75 Å². The van der Waals surface area contributed by atoms with Crippen LogP contribution < -0.4 is 4.74 Å². The molecule has 0 aliphatic rings. The van der Waals surface area contributed by atoms with Crippen LogP contribution in [0.4, 0.5) is 0 Å². The van der Waals surface area contributed by atoms with Gasteiger partial charge in [-0.2, -0.15) is 0 Å². The Morgan fingerprint density at radius 3 is 2.81 bits per heavy atom. The second-order valence-electron chi connectivity index (χ2n) is 3.21. The number of benzene rings is 1. The van der Waals surface area contributed by atoms with Gasteiger partial charge in [0.1, 0.15) is 12.4 Å². The van der Waals surface area contributed by atoms with E-state index < -0.39 is 0 Å². The lowest BCUT2D eigenvalue weighted by Crippen LogP contribution is -1.96. The monoisotopic (exact) mass is 253 g/mol. The zero-order chi connectivity index (χ0) is 11.4. The third-order valence-electron chi connectivity index (χ3n) is 2.04. The van der Waals surface area contributed by atoms with Gasteiger partial charge < -0.3 is 4.74 Å². The predicted molar refractivity (Wildman–Crippen MR) is 65.0 cm³/mol. The Hall–Kier alpha value is -1.25. The fourth-order valence-electron chi connectivity index (χ4n) is 1.25. The van der Waals surface area contributed by atoms with E-state index in [1.54, 1.807) is 30.6 Å². The topological polar surface area (TPSA) is 22.1 Å². The van der Waals surface area contributed by atoms with Crippen LogP contribution in [0.25, 0.3) is 0 Å². The van der Waals surface area contributed by atoms with Crippen molar-refractivity contribution in [2.75, 3.05) is 0 Å². The first-order valence-electron chi connectivity index (χ1n) is 4.72. The summed E-state index contributed by atoms with van der Waals surface area (Å²) in [5, 5.41) is 1.29. The lowest BCUT2D eigenvalue weighted by Gasteiger charge is -2.07. The van der Waals surface area contributed by atoms with Crippen LogP contribution in [0.2, 0.25) is 10.0 Å². The maximum Gasteiger partial charge on any atom is 0.138 e. The highest BCUT2D eigenvalue weighted by molar-refractivity contribution is 6.33. The minimum atomic E-state index is 0.380. The molecule has 2 rings (SSSR count). The highest BCUT2D eigenvalue weighted by Gasteiger charge is 2.02. The molecular formula is C12H9Cl2NO. The van der Waals surface area contributed by atoms with Gasteiger partial charge in [-0.1, -0.05) is 23.2 Å². The largest absolute Gasteiger partial charge is 0.487 e. The Morgan fingerprint density at radius 1 is 1.19 bits per heavy atom. The summed E-state index contributed by atoms with van der Waals surface area (Å²) in [6.45, 7) is 0.380. The van der Waals surface area contributed by atoms with Crippen molar-refractivity contribution in [2.45, 2.75) is 6.61 Å². The summed E-state index contributed by atoms with van der Waals surface area (Å²) in [6, 6.07) is 8.95. The van der Waals surface area contributed by atoms with Gasteiger partial charge in [-0.05, 0) is 30.3 Å². The first-order chi connectivity index (χ1) is 7.75. The molecule has 0 atom stereocenters. The van der Waals surface area contributed by atoms with Crippen molar-refractivity contribution in [1.29, 1.82) is 0 Å². The Labute approximate surface area is 104 Å². The summed E-state index contributed by atoms with van der Waals surface area (Å²) in [5.74, 6) is 0.707. The van der Waals surface area contributed by atoms with Crippen molar-refractivity contribution in [3.05, 3.63) is 58.3 Å². The molecule has 0 unspecified atom stereocenters. The summed E-state index contributed by atoms with van der Waals surface area (Å²) >= 11 is 11.9. The quantitative estimate of drug-likeness (QED) is 0.826. The number of hydrogen-bond acceptors (Lipinski definition) is 2. The molecule has 0 N–H and O–H groups in total. The zero-order valence-corrected chi connectivity index (χ0v) is 9.87. The maximum absolute atomic E-state index is 6.01. The van der Waals surface area contributed by atoms with Crippen LogP contribution in [0, 0.1) is 0 Å². The Bertz CT molecular complexity index is 474. The molecule has 1 aromatic carbocycles. The van der Waals surface area contributed by atoms with Gasteiger partial charge in [-0.25, -0.2) is 0 Å². The number of aromatic nitrogens is 1. The average Bonchev–Trinajstić information content (AvgIpc) is 2.32. The van der Waals surface area contributed by atoms with E-state index >= 15 is 0 Å². The van der Waals surface area contributed by atoms with E-state index in [9.17, 15) is 0 Å². The van der Waals surface area contributed by atoms with Crippen LogP contribution in [0.3, 0.4) is 0 Å². The van der Waals surface area contributed by atoms with E-state index in [1.807, 2.05) is 12.1 Å². The van der Waals surface area contributed by atoms with Crippen LogP contribution in [-0.4, -0.2) is 4.98 Å². The molecule has 4 heteroatoms. The number of ether oxygens (including phenoxy) is 1. The number of halogens is 2. The first-order valence-corrected chi connectivity index (χ1v) is 5.48. The summed E-state index contributed by atoms with van der Waals surface area (Å²) in [7, 11) is 0. The van der Waals surface area contributed by atoms with Gasteiger partial charge in [-0.15, -0.1) is 0 Å². The summed E-state index contributed by atoms with van der Waals surface area (Å²) < 4.78 is 5.52. The molecule has 0 saturated heterocycles. The maximum atomic E-state index is 6.01. The molecule has 0 radical (unpaired) electrons. The third-order valence-corrected chi connectivity index (χ3v) is 2.64. The number of rotatable bonds is 3.